The van der Waals surface area contributed by atoms with Gasteiger partial charge in [0, 0.05) is 12.6 Å². The minimum atomic E-state index is -3.91. The number of carbonyl (C=O) groups excluding carboxylic acids is 3. The van der Waals surface area contributed by atoms with E-state index in [1.54, 1.807) is 27.7 Å². The highest BCUT2D eigenvalue weighted by Crippen LogP contribution is 2.09. The van der Waals surface area contributed by atoms with Crippen molar-refractivity contribution in [3.05, 3.63) is 35.9 Å². The second-order valence-corrected chi connectivity index (χ2v) is 10.2. The maximum absolute atomic E-state index is 12.4. The van der Waals surface area contributed by atoms with Crippen LogP contribution >= 0.6 is 0 Å². The number of benzene rings is 1. The highest BCUT2D eigenvalue weighted by molar-refractivity contribution is 7.89. The van der Waals surface area contributed by atoms with E-state index in [1.807, 2.05) is 30.3 Å². The molecule has 0 spiro atoms. The zero-order chi connectivity index (χ0) is 25.6. The molecule has 12 heteroatoms. The molecule has 11 nitrogen and oxygen atoms in total. The molecule has 0 saturated heterocycles. The molecule has 3 N–H and O–H groups in total. The highest BCUT2D eigenvalue weighted by Gasteiger charge is 2.24. The summed E-state index contributed by atoms with van der Waals surface area (Å²) in [7, 11) is -3.91. The summed E-state index contributed by atoms with van der Waals surface area (Å²) in [5.41, 5.74) is 0.0829. The first-order chi connectivity index (χ1) is 15.9. The molecule has 0 unspecified atom stereocenters. The van der Waals surface area contributed by atoms with Crippen molar-refractivity contribution in [3.63, 3.8) is 0 Å². The van der Waals surface area contributed by atoms with Crippen molar-refractivity contribution in [3.8, 4) is 0 Å². The molecule has 0 radical (unpaired) electrons. The number of alkyl carbamates (subject to hydrolysis) is 2. The lowest BCUT2D eigenvalue weighted by Gasteiger charge is -2.23. The molecule has 0 heterocycles. The maximum atomic E-state index is 12.4. The van der Waals surface area contributed by atoms with Crippen LogP contribution in [0.3, 0.4) is 0 Å². The Bertz CT molecular complexity index is 885. The third kappa shape index (κ3) is 14.3. The van der Waals surface area contributed by atoms with Crippen molar-refractivity contribution in [1.82, 2.24) is 15.4 Å². The van der Waals surface area contributed by atoms with Crippen molar-refractivity contribution in [2.75, 3.05) is 25.4 Å². The summed E-state index contributed by atoms with van der Waals surface area (Å²) in [5, 5.41) is 5.12. The smallest absolute Gasteiger partial charge is 0.407 e. The minimum Gasteiger partial charge on any atom is -0.465 e. The van der Waals surface area contributed by atoms with Gasteiger partial charge in [0.2, 0.25) is 10.0 Å². The molecule has 0 aliphatic heterocycles. The zero-order valence-corrected chi connectivity index (χ0v) is 20.9. The summed E-state index contributed by atoms with van der Waals surface area (Å²) in [6.07, 6.45) is -0.801. The number of ether oxygens (including phenoxy) is 3. The van der Waals surface area contributed by atoms with Crippen molar-refractivity contribution < 1.29 is 37.0 Å². The van der Waals surface area contributed by atoms with Gasteiger partial charge in [-0.25, -0.2) is 22.7 Å². The SMILES string of the molecule is CCOC(=O)CNS(=O)(=O)C[C@H](CCCNC(=O)OCc1ccccc1)NC(=O)OC(C)(C)C. The zero-order valence-electron chi connectivity index (χ0n) is 20.1. The van der Waals surface area contributed by atoms with Crippen LogP contribution in [-0.2, 0) is 35.6 Å². The van der Waals surface area contributed by atoms with Crippen LogP contribution in [-0.4, -0.2) is 63.7 Å². The van der Waals surface area contributed by atoms with Crippen LogP contribution in [0.1, 0.15) is 46.1 Å². The van der Waals surface area contributed by atoms with E-state index >= 15 is 0 Å². The van der Waals surface area contributed by atoms with Gasteiger partial charge in [-0.15, -0.1) is 0 Å². The van der Waals surface area contributed by atoms with Gasteiger partial charge in [0.15, 0.2) is 0 Å². The molecule has 0 aliphatic rings. The third-order valence-electron chi connectivity index (χ3n) is 4.09. The van der Waals surface area contributed by atoms with E-state index in [-0.39, 0.29) is 26.2 Å². The molecule has 192 valence electrons. The Morgan fingerprint density at radius 1 is 1.03 bits per heavy atom. The molecule has 0 fully saturated rings. The Labute approximate surface area is 201 Å². The average molecular weight is 502 g/mol. The lowest BCUT2D eigenvalue weighted by atomic mass is 10.2. The van der Waals surface area contributed by atoms with Gasteiger partial charge in [0.25, 0.3) is 0 Å². The van der Waals surface area contributed by atoms with Gasteiger partial charge >= 0.3 is 18.2 Å². The van der Waals surface area contributed by atoms with E-state index in [9.17, 15) is 22.8 Å². The molecule has 34 heavy (non-hydrogen) atoms. The van der Waals surface area contributed by atoms with Gasteiger partial charge in [-0.2, -0.15) is 0 Å². The van der Waals surface area contributed by atoms with Gasteiger partial charge in [-0.05, 0) is 46.1 Å². The lowest BCUT2D eigenvalue weighted by Crippen LogP contribution is -2.45. The average Bonchev–Trinajstić information content (AvgIpc) is 2.73. The maximum Gasteiger partial charge on any atom is 0.407 e. The van der Waals surface area contributed by atoms with E-state index in [1.165, 1.54) is 0 Å². The summed E-state index contributed by atoms with van der Waals surface area (Å²) in [4.78, 5) is 35.4. The predicted octanol–water partition coefficient (Wildman–Crippen LogP) is 2.07. The highest BCUT2D eigenvalue weighted by atomic mass is 32.2. The van der Waals surface area contributed by atoms with Crippen LogP contribution < -0.4 is 15.4 Å². The van der Waals surface area contributed by atoms with E-state index in [4.69, 9.17) is 14.2 Å². The summed E-state index contributed by atoms with van der Waals surface area (Å²) in [6.45, 7) is 6.61. The molecule has 1 atom stereocenters. The molecule has 1 aromatic rings. The van der Waals surface area contributed by atoms with E-state index in [0.29, 0.717) is 6.42 Å². The first kappa shape index (κ1) is 29.2. The molecule has 0 saturated carbocycles. The number of amides is 2. The summed E-state index contributed by atoms with van der Waals surface area (Å²) in [5.74, 6) is -1.19. The minimum absolute atomic E-state index is 0.125. The second-order valence-electron chi connectivity index (χ2n) is 8.38. The largest absolute Gasteiger partial charge is 0.465 e. The quantitative estimate of drug-likeness (QED) is 0.211. The molecular weight excluding hydrogens is 466 g/mol. The van der Waals surface area contributed by atoms with Crippen LogP contribution in [0.5, 0.6) is 0 Å². The fourth-order valence-corrected chi connectivity index (χ4v) is 3.92. The van der Waals surface area contributed by atoms with Crippen LogP contribution in [0.25, 0.3) is 0 Å². The number of nitrogens with one attached hydrogen (secondary N) is 3. The first-order valence-electron chi connectivity index (χ1n) is 11.0. The van der Waals surface area contributed by atoms with Gasteiger partial charge in [-0.1, -0.05) is 30.3 Å². The van der Waals surface area contributed by atoms with Crippen LogP contribution in [0, 0.1) is 0 Å². The molecule has 0 bridgehead atoms. The first-order valence-corrected chi connectivity index (χ1v) is 12.6. The third-order valence-corrected chi connectivity index (χ3v) is 5.52. The van der Waals surface area contributed by atoms with E-state index in [2.05, 4.69) is 15.4 Å². The van der Waals surface area contributed by atoms with Crippen molar-refractivity contribution >= 4 is 28.2 Å². The van der Waals surface area contributed by atoms with Crippen LogP contribution in [0.4, 0.5) is 9.59 Å². The Hall–Kier alpha value is -2.86. The van der Waals surface area contributed by atoms with Gasteiger partial charge in [0.05, 0.1) is 12.4 Å². The number of hydrogen-bond donors (Lipinski definition) is 3. The normalized spacial score (nSPS) is 12.4. The topological polar surface area (TPSA) is 149 Å². The Balaban J connectivity index is 2.56. The van der Waals surface area contributed by atoms with Crippen molar-refractivity contribution in [1.29, 1.82) is 0 Å². The summed E-state index contributed by atoms with van der Waals surface area (Å²) in [6, 6.07) is 8.37. The number of rotatable bonds is 13. The number of sulfonamides is 1. The van der Waals surface area contributed by atoms with E-state index in [0.717, 1.165) is 5.56 Å². The molecule has 0 aliphatic carbocycles. The standard InChI is InChI=1S/C22H35N3O8S/c1-5-31-19(26)14-24-34(29,30)16-18(25-21(28)33-22(2,3)4)12-9-13-23-20(27)32-15-17-10-7-6-8-11-17/h6-8,10-11,18,24H,5,9,12-16H2,1-4H3,(H,23,27)(H,25,28)/t18-/m0/s1. The Kier molecular flexibility index (Phi) is 12.4. The van der Waals surface area contributed by atoms with Crippen LogP contribution in [0.2, 0.25) is 0 Å². The Morgan fingerprint density at radius 2 is 1.71 bits per heavy atom. The van der Waals surface area contributed by atoms with Crippen LogP contribution in [0.15, 0.2) is 30.3 Å². The molecule has 1 rings (SSSR count). The molecule has 0 aromatic heterocycles. The van der Waals surface area contributed by atoms with Gasteiger partial charge < -0.3 is 24.8 Å². The van der Waals surface area contributed by atoms with E-state index < -0.39 is 52.1 Å². The van der Waals surface area contributed by atoms with Gasteiger partial charge in [-0.3, -0.25) is 4.79 Å². The Morgan fingerprint density at radius 3 is 2.32 bits per heavy atom. The fourth-order valence-electron chi connectivity index (χ4n) is 2.69. The van der Waals surface area contributed by atoms with Gasteiger partial charge in [0.1, 0.15) is 18.8 Å². The number of carbonyl (C=O) groups is 3. The summed E-state index contributed by atoms with van der Waals surface area (Å²) >= 11 is 0. The fraction of sp³-hybridized carbons (Fsp3) is 0.591. The molecule has 2 amide bonds. The predicted molar refractivity (Wildman–Crippen MR) is 125 cm³/mol. The number of esters is 1. The number of hydrogen-bond acceptors (Lipinski definition) is 8. The second kappa shape index (κ2) is 14.4. The lowest BCUT2D eigenvalue weighted by molar-refractivity contribution is -0.141. The monoisotopic (exact) mass is 501 g/mol. The van der Waals surface area contributed by atoms with Crippen molar-refractivity contribution in [2.45, 2.75) is 58.8 Å². The summed E-state index contributed by atoms with van der Waals surface area (Å²) < 4.78 is 41.9. The molecule has 1 aromatic carbocycles. The molecular formula is C22H35N3O8S. The van der Waals surface area contributed by atoms with Crippen molar-refractivity contribution in [2.24, 2.45) is 0 Å².